The van der Waals surface area contributed by atoms with Crippen LogP contribution in [0.5, 0.6) is 0 Å². The third-order valence-corrected chi connectivity index (χ3v) is 1.77. The summed E-state index contributed by atoms with van der Waals surface area (Å²) in [5.41, 5.74) is 7.38. The fourth-order valence-corrected chi connectivity index (χ4v) is 1.12. The fraction of sp³-hybridized carbons (Fsp3) is 0.444. The maximum absolute atomic E-state index is 8.89. The molecule has 0 radical (unpaired) electrons. The topological polar surface area (TPSA) is 59.1 Å². The minimum absolute atomic E-state index is 0.0314. The Kier molecular flexibility index (Phi) is 3.05. The average molecular weight is 166 g/mol. The maximum Gasteiger partial charge on any atom is 0.128 e. The van der Waals surface area contributed by atoms with Gasteiger partial charge in [-0.3, -0.25) is 0 Å². The summed E-state index contributed by atoms with van der Waals surface area (Å²) in [5.74, 6) is 0.428. The first-order chi connectivity index (χ1) is 5.77. The first kappa shape index (κ1) is 9.00. The van der Waals surface area contributed by atoms with E-state index in [4.69, 9.17) is 10.8 Å². The van der Waals surface area contributed by atoms with Crippen LogP contribution in [0.15, 0.2) is 12.3 Å². The fourth-order valence-electron chi connectivity index (χ4n) is 1.12. The Balaban J connectivity index is 2.89. The van der Waals surface area contributed by atoms with Crippen molar-refractivity contribution in [3.8, 4) is 0 Å². The second-order valence-electron chi connectivity index (χ2n) is 2.80. The van der Waals surface area contributed by atoms with E-state index in [1.165, 1.54) is 0 Å². The van der Waals surface area contributed by atoms with E-state index >= 15 is 0 Å². The summed E-state index contributed by atoms with van der Waals surface area (Å²) in [6.45, 7) is 2.07. The van der Waals surface area contributed by atoms with Crippen molar-refractivity contribution in [2.24, 2.45) is 0 Å². The molecule has 12 heavy (non-hydrogen) atoms. The van der Waals surface area contributed by atoms with Crippen molar-refractivity contribution in [3.63, 3.8) is 0 Å². The lowest BCUT2D eigenvalue weighted by Crippen LogP contribution is -1.99. The highest BCUT2D eigenvalue weighted by Crippen LogP contribution is 2.11. The van der Waals surface area contributed by atoms with E-state index in [1.54, 1.807) is 6.20 Å². The first-order valence-electron chi connectivity index (χ1n) is 4.12. The molecule has 66 valence electrons. The molecule has 0 fully saturated rings. The van der Waals surface area contributed by atoms with Crippen LogP contribution in [-0.4, -0.2) is 10.1 Å². The van der Waals surface area contributed by atoms with E-state index in [2.05, 4.69) is 11.9 Å². The number of pyridine rings is 1. The molecular weight excluding hydrogens is 152 g/mol. The lowest BCUT2D eigenvalue weighted by atomic mass is 10.1. The number of aryl methyl sites for hydroxylation is 1. The van der Waals surface area contributed by atoms with Crippen LogP contribution in [0, 0.1) is 0 Å². The van der Waals surface area contributed by atoms with Crippen LogP contribution in [0.25, 0.3) is 0 Å². The third kappa shape index (κ3) is 1.95. The van der Waals surface area contributed by atoms with Gasteiger partial charge >= 0.3 is 0 Å². The van der Waals surface area contributed by atoms with E-state index in [0.717, 1.165) is 24.0 Å². The zero-order valence-corrected chi connectivity index (χ0v) is 7.25. The molecule has 3 N–H and O–H groups in total. The van der Waals surface area contributed by atoms with Crippen molar-refractivity contribution < 1.29 is 5.11 Å². The van der Waals surface area contributed by atoms with E-state index in [0.29, 0.717) is 5.82 Å². The number of aliphatic hydroxyl groups excluding tert-OH is 1. The molecule has 0 unspecified atom stereocenters. The SMILES string of the molecule is CCCc1cnc(N)c(CO)c1. The smallest absolute Gasteiger partial charge is 0.128 e. The van der Waals surface area contributed by atoms with E-state index in [9.17, 15) is 0 Å². The molecule has 3 heteroatoms. The predicted octanol–water partition coefficient (Wildman–Crippen LogP) is 1.11. The standard InChI is InChI=1S/C9H14N2O/c1-2-3-7-4-8(6-12)9(10)11-5-7/h4-5,12H,2-3,6H2,1H3,(H2,10,11). The summed E-state index contributed by atoms with van der Waals surface area (Å²) >= 11 is 0. The van der Waals surface area contributed by atoms with Crippen LogP contribution < -0.4 is 5.73 Å². The molecule has 0 atom stereocenters. The third-order valence-electron chi connectivity index (χ3n) is 1.77. The monoisotopic (exact) mass is 166 g/mol. The van der Waals surface area contributed by atoms with Crippen molar-refractivity contribution >= 4 is 5.82 Å². The first-order valence-corrected chi connectivity index (χ1v) is 4.12. The molecule has 0 aliphatic rings. The Morgan fingerprint density at radius 1 is 1.58 bits per heavy atom. The number of nitrogen functional groups attached to an aromatic ring is 1. The predicted molar refractivity (Wildman–Crippen MR) is 48.6 cm³/mol. The summed E-state index contributed by atoms with van der Waals surface area (Å²) in [6.07, 6.45) is 3.83. The van der Waals surface area contributed by atoms with E-state index in [-0.39, 0.29) is 6.61 Å². The summed E-state index contributed by atoms with van der Waals surface area (Å²) in [6, 6.07) is 1.91. The molecule has 0 bridgehead atoms. The summed E-state index contributed by atoms with van der Waals surface area (Å²) in [5, 5.41) is 8.89. The minimum atomic E-state index is -0.0314. The van der Waals surface area contributed by atoms with E-state index in [1.807, 2.05) is 6.07 Å². The zero-order valence-electron chi connectivity index (χ0n) is 7.25. The molecular formula is C9H14N2O. The number of aliphatic hydroxyl groups is 1. The lowest BCUT2D eigenvalue weighted by molar-refractivity contribution is 0.282. The van der Waals surface area contributed by atoms with Gasteiger partial charge in [-0.15, -0.1) is 0 Å². The Hall–Kier alpha value is -1.09. The highest BCUT2D eigenvalue weighted by molar-refractivity contribution is 5.40. The maximum atomic E-state index is 8.89. The van der Waals surface area contributed by atoms with Crippen molar-refractivity contribution in [1.29, 1.82) is 0 Å². The van der Waals surface area contributed by atoms with Crippen LogP contribution in [0.1, 0.15) is 24.5 Å². The second-order valence-corrected chi connectivity index (χ2v) is 2.80. The quantitative estimate of drug-likeness (QED) is 0.707. The number of anilines is 1. The minimum Gasteiger partial charge on any atom is -0.392 e. The molecule has 0 saturated carbocycles. The summed E-state index contributed by atoms with van der Waals surface area (Å²) in [7, 11) is 0. The number of aromatic nitrogens is 1. The molecule has 0 aromatic carbocycles. The highest BCUT2D eigenvalue weighted by Gasteiger charge is 2.00. The molecule has 0 amide bonds. The number of rotatable bonds is 3. The number of nitrogens with zero attached hydrogens (tertiary/aromatic N) is 1. The van der Waals surface area contributed by atoms with Crippen LogP contribution in [0.4, 0.5) is 5.82 Å². The Labute approximate surface area is 72.2 Å². The van der Waals surface area contributed by atoms with Gasteiger partial charge in [0.25, 0.3) is 0 Å². The van der Waals surface area contributed by atoms with E-state index < -0.39 is 0 Å². The summed E-state index contributed by atoms with van der Waals surface area (Å²) < 4.78 is 0. The van der Waals surface area contributed by atoms with Gasteiger partial charge in [0, 0.05) is 11.8 Å². The molecule has 0 aliphatic heterocycles. The normalized spacial score (nSPS) is 10.2. The molecule has 0 saturated heterocycles. The molecule has 0 spiro atoms. The number of hydrogen-bond donors (Lipinski definition) is 2. The van der Waals surface area contributed by atoms with Gasteiger partial charge in [-0.25, -0.2) is 4.98 Å². The van der Waals surface area contributed by atoms with Gasteiger partial charge in [0.15, 0.2) is 0 Å². The van der Waals surface area contributed by atoms with Gasteiger partial charge in [0.05, 0.1) is 6.61 Å². The Bertz CT molecular complexity index is 261. The van der Waals surface area contributed by atoms with Gasteiger partial charge in [0.1, 0.15) is 5.82 Å². The molecule has 0 aliphatic carbocycles. The molecule has 1 aromatic rings. The van der Waals surface area contributed by atoms with Crippen LogP contribution in [0.3, 0.4) is 0 Å². The summed E-state index contributed by atoms with van der Waals surface area (Å²) in [4.78, 5) is 3.99. The van der Waals surface area contributed by atoms with Crippen molar-refractivity contribution in [3.05, 3.63) is 23.4 Å². The largest absolute Gasteiger partial charge is 0.392 e. The van der Waals surface area contributed by atoms with Crippen LogP contribution >= 0.6 is 0 Å². The number of nitrogens with two attached hydrogens (primary N) is 1. The van der Waals surface area contributed by atoms with Gasteiger partial charge in [0.2, 0.25) is 0 Å². The second kappa shape index (κ2) is 4.07. The molecule has 3 nitrogen and oxygen atoms in total. The van der Waals surface area contributed by atoms with Crippen molar-refractivity contribution in [2.45, 2.75) is 26.4 Å². The average Bonchev–Trinajstić information content (AvgIpc) is 2.09. The Morgan fingerprint density at radius 2 is 2.33 bits per heavy atom. The molecule has 1 rings (SSSR count). The highest BCUT2D eigenvalue weighted by atomic mass is 16.3. The number of hydrogen-bond acceptors (Lipinski definition) is 3. The van der Waals surface area contributed by atoms with Crippen LogP contribution in [0.2, 0.25) is 0 Å². The molecule has 1 heterocycles. The lowest BCUT2D eigenvalue weighted by Gasteiger charge is -2.03. The van der Waals surface area contributed by atoms with Crippen molar-refractivity contribution in [1.82, 2.24) is 4.98 Å². The van der Waals surface area contributed by atoms with Gasteiger partial charge in [-0.1, -0.05) is 13.3 Å². The van der Waals surface area contributed by atoms with Gasteiger partial charge < -0.3 is 10.8 Å². The van der Waals surface area contributed by atoms with Gasteiger partial charge in [-0.2, -0.15) is 0 Å². The molecule has 1 aromatic heterocycles. The zero-order chi connectivity index (χ0) is 8.97. The van der Waals surface area contributed by atoms with Crippen molar-refractivity contribution in [2.75, 3.05) is 5.73 Å². The van der Waals surface area contributed by atoms with Gasteiger partial charge in [-0.05, 0) is 18.1 Å². The van der Waals surface area contributed by atoms with Crippen LogP contribution in [-0.2, 0) is 13.0 Å². The Morgan fingerprint density at radius 3 is 2.92 bits per heavy atom.